The van der Waals surface area contributed by atoms with E-state index in [1.807, 2.05) is 19.1 Å². The van der Waals surface area contributed by atoms with Crippen LogP contribution < -0.4 is 11.1 Å². The number of benzene rings is 2. The summed E-state index contributed by atoms with van der Waals surface area (Å²) in [5.41, 5.74) is 6.30. The third kappa shape index (κ3) is 6.47. The Kier molecular flexibility index (Phi) is 8.66. The van der Waals surface area contributed by atoms with Gasteiger partial charge in [0.2, 0.25) is 11.8 Å². The van der Waals surface area contributed by atoms with E-state index >= 15 is 0 Å². The van der Waals surface area contributed by atoms with Crippen LogP contribution in [0.25, 0.3) is 0 Å². The van der Waals surface area contributed by atoms with Gasteiger partial charge in [0.1, 0.15) is 6.04 Å². The molecule has 0 fully saturated rings. The van der Waals surface area contributed by atoms with E-state index in [4.69, 9.17) is 5.73 Å². The minimum Gasteiger partial charge on any atom is -0.332 e. The van der Waals surface area contributed by atoms with Gasteiger partial charge in [-0.1, -0.05) is 42.0 Å². The number of carbonyl (C=O) groups excluding carboxylic acids is 2. The summed E-state index contributed by atoms with van der Waals surface area (Å²) in [5, 5.41) is 2.23. The second kappa shape index (κ2) is 10.3. The molecule has 158 valence electrons. The van der Waals surface area contributed by atoms with Gasteiger partial charge in [-0.2, -0.15) is 13.2 Å². The van der Waals surface area contributed by atoms with Crippen molar-refractivity contribution in [2.75, 3.05) is 18.4 Å². The molecule has 0 bridgehead atoms. The molecule has 2 amide bonds. The smallest absolute Gasteiger partial charge is 0.332 e. The van der Waals surface area contributed by atoms with Crippen molar-refractivity contribution in [3.05, 3.63) is 65.2 Å². The van der Waals surface area contributed by atoms with E-state index in [9.17, 15) is 22.8 Å². The number of nitrogens with zero attached hydrogens (tertiary/aromatic N) is 1. The van der Waals surface area contributed by atoms with Crippen molar-refractivity contribution in [3.8, 4) is 0 Å². The number of nitrogens with one attached hydrogen (secondary N) is 1. The molecule has 0 saturated carbocycles. The van der Waals surface area contributed by atoms with Crippen molar-refractivity contribution >= 4 is 29.9 Å². The monoisotopic (exact) mass is 429 g/mol. The lowest BCUT2D eigenvalue weighted by Crippen LogP contribution is -2.42. The molecule has 5 nitrogen and oxygen atoms in total. The highest BCUT2D eigenvalue weighted by molar-refractivity contribution is 5.96. The van der Waals surface area contributed by atoms with Crippen molar-refractivity contribution in [2.45, 2.75) is 26.1 Å². The van der Waals surface area contributed by atoms with Crippen molar-refractivity contribution in [2.24, 2.45) is 5.73 Å². The standard InChI is InChI=1S/C20H22F3N3O2.ClH/c1-3-26(19(28)18(24)14-10-8-13(2)9-11-14)12-17(27)25-16-7-5-4-6-15(16)20(21,22)23;/h4-11,18H,3,12,24H2,1-2H3,(H,25,27);1H. The first-order chi connectivity index (χ1) is 13.1. The predicted octanol–water partition coefficient (Wildman–Crippen LogP) is 3.92. The maximum Gasteiger partial charge on any atom is 0.418 e. The summed E-state index contributed by atoms with van der Waals surface area (Å²) in [4.78, 5) is 26.1. The Hall–Kier alpha value is -2.58. The fourth-order valence-corrected chi connectivity index (χ4v) is 2.66. The first-order valence-corrected chi connectivity index (χ1v) is 8.70. The van der Waals surface area contributed by atoms with Crippen molar-refractivity contribution in [3.63, 3.8) is 0 Å². The molecule has 0 saturated heterocycles. The van der Waals surface area contributed by atoms with Crippen molar-refractivity contribution in [1.82, 2.24) is 4.90 Å². The quantitative estimate of drug-likeness (QED) is 0.730. The number of amides is 2. The van der Waals surface area contributed by atoms with Crippen LogP contribution in [-0.4, -0.2) is 29.8 Å². The fourth-order valence-electron chi connectivity index (χ4n) is 2.66. The van der Waals surface area contributed by atoms with E-state index in [0.717, 1.165) is 17.7 Å². The molecule has 0 aliphatic heterocycles. The number of aryl methyl sites for hydroxylation is 1. The van der Waals surface area contributed by atoms with Crippen molar-refractivity contribution in [1.29, 1.82) is 0 Å². The van der Waals surface area contributed by atoms with Gasteiger partial charge in [-0.15, -0.1) is 12.4 Å². The Morgan fingerprint density at radius 1 is 1.10 bits per heavy atom. The third-order valence-electron chi connectivity index (χ3n) is 4.24. The van der Waals surface area contributed by atoms with E-state index in [0.29, 0.717) is 5.56 Å². The highest BCUT2D eigenvalue weighted by atomic mass is 35.5. The van der Waals surface area contributed by atoms with Gasteiger partial charge in [-0.3, -0.25) is 9.59 Å². The van der Waals surface area contributed by atoms with Gasteiger partial charge in [-0.25, -0.2) is 0 Å². The van der Waals surface area contributed by atoms with E-state index in [2.05, 4.69) is 5.32 Å². The second-order valence-electron chi connectivity index (χ2n) is 6.33. The number of alkyl halides is 3. The number of hydrogen-bond acceptors (Lipinski definition) is 3. The zero-order valence-corrected chi connectivity index (χ0v) is 16.8. The van der Waals surface area contributed by atoms with Crippen LogP contribution in [0.4, 0.5) is 18.9 Å². The second-order valence-corrected chi connectivity index (χ2v) is 6.33. The SMILES string of the molecule is CCN(CC(=O)Nc1ccccc1C(F)(F)F)C(=O)C(N)c1ccc(C)cc1.Cl. The summed E-state index contributed by atoms with van der Waals surface area (Å²) in [6.45, 7) is 3.35. The molecule has 0 aliphatic carbocycles. The normalized spacial score (nSPS) is 11.9. The Balaban J connectivity index is 0.00000420. The number of carbonyl (C=O) groups is 2. The maximum absolute atomic E-state index is 13.0. The molecular formula is C20H23ClF3N3O2. The number of halogens is 4. The fraction of sp³-hybridized carbons (Fsp3) is 0.300. The van der Waals surface area contributed by atoms with Crippen LogP contribution >= 0.6 is 12.4 Å². The molecular weight excluding hydrogens is 407 g/mol. The van der Waals surface area contributed by atoms with Gasteiger partial charge in [-0.05, 0) is 31.5 Å². The average Bonchev–Trinajstić information content (AvgIpc) is 2.65. The molecule has 0 radical (unpaired) electrons. The Morgan fingerprint density at radius 3 is 2.24 bits per heavy atom. The molecule has 1 atom stereocenters. The van der Waals surface area contributed by atoms with Gasteiger partial charge in [0.15, 0.2) is 0 Å². The van der Waals surface area contributed by atoms with Crippen LogP contribution in [0.5, 0.6) is 0 Å². The van der Waals surface area contributed by atoms with Gasteiger partial charge < -0.3 is 16.0 Å². The van der Waals surface area contributed by atoms with E-state index in [-0.39, 0.29) is 24.6 Å². The van der Waals surface area contributed by atoms with Gasteiger partial charge in [0, 0.05) is 6.54 Å². The van der Waals surface area contributed by atoms with E-state index in [1.165, 1.54) is 17.0 Å². The molecule has 3 N–H and O–H groups in total. The first-order valence-electron chi connectivity index (χ1n) is 8.70. The lowest BCUT2D eigenvalue weighted by Gasteiger charge is -2.24. The largest absolute Gasteiger partial charge is 0.418 e. The Bertz CT molecular complexity index is 842. The number of rotatable bonds is 6. The summed E-state index contributed by atoms with van der Waals surface area (Å²) >= 11 is 0. The first kappa shape index (κ1) is 24.5. The van der Waals surface area contributed by atoms with Crippen LogP contribution in [0.1, 0.15) is 29.7 Å². The van der Waals surface area contributed by atoms with Gasteiger partial charge >= 0.3 is 6.18 Å². The molecule has 9 heteroatoms. The van der Waals surface area contributed by atoms with Crippen LogP contribution in [0.3, 0.4) is 0 Å². The Labute approximate surface area is 173 Å². The molecule has 1 unspecified atom stereocenters. The number of para-hydroxylation sites is 1. The predicted molar refractivity (Wildman–Crippen MR) is 108 cm³/mol. The average molecular weight is 430 g/mol. The topological polar surface area (TPSA) is 75.4 Å². The van der Waals surface area contributed by atoms with Crippen LogP contribution in [0, 0.1) is 6.92 Å². The molecule has 29 heavy (non-hydrogen) atoms. The zero-order chi connectivity index (χ0) is 20.9. The van der Waals surface area contributed by atoms with Crippen molar-refractivity contribution < 1.29 is 22.8 Å². The zero-order valence-electron chi connectivity index (χ0n) is 16.0. The van der Waals surface area contributed by atoms with E-state index in [1.54, 1.807) is 19.1 Å². The lowest BCUT2D eigenvalue weighted by atomic mass is 10.0. The number of anilines is 1. The minimum absolute atomic E-state index is 0. The van der Waals surface area contributed by atoms with Crippen LogP contribution in [0.15, 0.2) is 48.5 Å². The summed E-state index contributed by atoms with van der Waals surface area (Å²) in [5.74, 6) is -1.21. The lowest BCUT2D eigenvalue weighted by molar-refractivity contribution is -0.137. The summed E-state index contributed by atoms with van der Waals surface area (Å²) in [6, 6.07) is 10.8. The molecule has 0 heterocycles. The van der Waals surface area contributed by atoms with E-state index < -0.39 is 36.1 Å². The highest BCUT2D eigenvalue weighted by Gasteiger charge is 2.33. The maximum atomic E-state index is 13.0. The summed E-state index contributed by atoms with van der Waals surface area (Å²) in [7, 11) is 0. The number of nitrogens with two attached hydrogens (primary N) is 1. The molecule has 2 aromatic carbocycles. The third-order valence-corrected chi connectivity index (χ3v) is 4.24. The molecule has 0 aliphatic rings. The number of likely N-dealkylation sites (N-methyl/N-ethyl adjacent to an activating group) is 1. The number of hydrogen-bond donors (Lipinski definition) is 2. The molecule has 0 aromatic heterocycles. The van der Waals surface area contributed by atoms with Gasteiger partial charge in [0.25, 0.3) is 0 Å². The molecule has 0 spiro atoms. The summed E-state index contributed by atoms with van der Waals surface area (Å²) < 4.78 is 39.1. The van der Waals surface area contributed by atoms with Gasteiger partial charge in [0.05, 0.1) is 17.8 Å². The van der Waals surface area contributed by atoms with Crippen LogP contribution in [0.2, 0.25) is 0 Å². The Morgan fingerprint density at radius 2 is 1.69 bits per heavy atom. The summed E-state index contributed by atoms with van der Waals surface area (Å²) in [6.07, 6.45) is -4.60. The molecule has 2 rings (SSSR count). The molecule has 2 aromatic rings. The minimum atomic E-state index is -4.60. The van der Waals surface area contributed by atoms with Crippen LogP contribution in [-0.2, 0) is 15.8 Å². The highest BCUT2D eigenvalue weighted by Crippen LogP contribution is 2.34.